The fraction of sp³-hybridized carbons (Fsp3) is 0.394. The Hall–Kier alpha value is -3.60. The van der Waals surface area contributed by atoms with Crippen molar-refractivity contribution in [3.8, 4) is 0 Å². The number of aliphatic hydroxyl groups is 1. The van der Waals surface area contributed by atoms with E-state index in [2.05, 4.69) is 0 Å². The van der Waals surface area contributed by atoms with Crippen molar-refractivity contribution in [1.82, 2.24) is 0 Å². The smallest absolute Gasteiger partial charge is 0.338 e. The van der Waals surface area contributed by atoms with Crippen molar-refractivity contribution in [1.29, 1.82) is 0 Å². The number of hydrogen-bond donors (Lipinski definition) is 1. The zero-order valence-electron chi connectivity index (χ0n) is 23.9. The first kappa shape index (κ1) is 31.3. The fourth-order valence-electron chi connectivity index (χ4n) is 4.59. The summed E-state index contributed by atoms with van der Waals surface area (Å²) in [6, 6.07) is 27.6. The summed E-state index contributed by atoms with van der Waals surface area (Å²) in [5.41, 5.74) is 2.17. The Kier molecular flexibility index (Phi) is 12.0. The monoisotopic (exact) mass is 578 g/mol. The number of carbonyl (C=O) groups excluding carboxylic acids is 2. The van der Waals surface area contributed by atoms with E-state index < -0.39 is 48.7 Å². The van der Waals surface area contributed by atoms with E-state index in [-0.39, 0.29) is 26.1 Å². The van der Waals surface area contributed by atoms with E-state index in [0.29, 0.717) is 12.2 Å². The molecule has 0 amide bonds. The fourth-order valence-corrected chi connectivity index (χ4v) is 4.59. The Balaban J connectivity index is 1.61. The van der Waals surface area contributed by atoms with E-state index >= 15 is 0 Å². The van der Waals surface area contributed by atoms with Crippen LogP contribution in [0.5, 0.6) is 0 Å². The lowest BCUT2D eigenvalue weighted by Gasteiger charge is -2.44. The summed E-state index contributed by atoms with van der Waals surface area (Å²) in [4.78, 5) is 26.3. The third-order valence-corrected chi connectivity index (χ3v) is 6.79. The number of ether oxygens (including phenoxy) is 6. The quantitative estimate of drug-likeness (QED) is 0.277. The molecule has 6 unspecified atom stereocenters. The highest BCUT2D eigenvalue weighted by Gasteiger charge is 2.51. The van der Waals surface area contributed by atoms with Crippen molar-refractivity contribution in [2.75, 3.05) is 13.7 Å². The second-order valence-corrected chi connectivity index (χ2v) is 10.1. The molecule has 0 bridgehead atoms. The van der Waals surface area contributed by atoms with Crippen LogP contribution in [0.4, 0.5) is 0 Å². The third-order valence-electron chi connectivity index (χ3n) is 6.79. The lowest BCUT2D eigenvalue weighted by molar-refractivity contribution is -0.309. The highest BCUT2D eigenvalue weighted by molar-refractivity contribution is 5.89. The summed E-state index contributed by atoms with van der Waals surface area (Å²) in [7, 11) is 1.47. The van der Waals surface area contributed by atoms with Crippen molar-refractivity contribution >= 4 is 11.9 Å². The van der Waals surface area contributed by atoms with Gasteiger partial charge in [-0.05, 0) is 36.6 Å². The number of carbonyl (C=O) groups is 2. The van der Waals surface area contributed by atoms with E-state index in [0.717, 1.165) is 11.1 Å². The zero-order chi connectivity index (χ0) is 29.7. The van der Waals surface area contributed by atoms with Gasteiger partial charge in [0.2, 0.25) is 0 Å². The predicted molar refractivity (Wildman–Crippen MR) is 153 cm³/mol. The van der Waals surface area contributed by atoms with Crippen molar-refractivity contribution in [2.45, 2.75) is 69.8 Å². The Labute approximate surface area is 246 Å². The molecular weight excluding hydrogens is 540 g/mol. The number of esters is 2. The van der Waals surface area contributed by atoms with E-state index in [4.69, 9.17) is 28.4 Å². The summed E-state index contributed by atoms with van der Waals surface area (Å²) in [5.74, 6) is -1.18. The molecule has 1 N–H and O–H groups in total. The van der Waals surface area contributed by atoms with Crippen molar-refractivity contribution in [2.24, 2.45) is 0 Å². The van der Waals surface area contributed by atoms with Crippen molar-refractivity contribution in [3.05, 3.63) is 108 Å². The topological polar surface area (TPSA) is 110 Å². The number of aliphatic hydroxyl groups excluding tert-OH is 1. The van der Waals surface area contributed by atoms with Gasteiger partial charge in [0.05, 0.1) is 31.5 Å². The molecule has 1 aliphatic rings. The summed E-state index contributed by atoms with van der Waals surface area (Å²) in [6.45, 7) is 2.09. The van der Waals surface area contributed by atoms with Gasteiger partial charge < -0.3 is 33.5 Å². The summed E-state index contributed by atoms with van der Waals surface area (Å²) in [5, 5.41) is 9.72. The largest absolute Gasteiger partial charge is 0.455 e. The molecule has 42 heavy (non-hydrogen) atoms. The third kappa shape index (κ3) is 9.20. The Morgan fingerprint density at radius 1 is 0.810 bits per heavy atom. The van der Waals surface area contributed by atoms with Crippen LogP contribution in [0.2, 0.25) is 0 Å². The number of methoxy groups -OCH3 is 1. The standard InChI is InChI=1S/C33H38O9/c1-23(34)18-19-28(35)41-30-29(42-32(36)26-16-10-5-11-17-26)27(22-38-20-24-12-6-3-7-13-24)40-33(37-2)31(30)39-21-25-14-8-4-9-15-25/h3-17,23,27,29-31,33-34H,18-22H2,1-2H3. The van der Waals surface area contributed by atoms with Gasteiger partial charge >= 0.3 is 11.9 Å². The summed E-state index contributed by atoms with van der Waals surface area (Å²) in [6.07, 6.45) is -5.43. The van der Waals surface area contributed by atoms with Crippen LogP contribution in [0.25, 0.3) is 0 Å². The molecule has 1 aliphatic heterocycles. The molecular formula is C33H38O9. The van der Waals surface area contributed by atoms with E-state index in [9.17, 15) is 14.7 Å². The highest BCUT2D eigenvalue weighted by atomic mass is 16.7. The highest BCUT2D eigenvalue weighted by Crippen LogP contribution is 2.31. The molecule has 6 atom stereocenters. The maximum atomic E-state index is 13.3. The molecule has 0 radical (unpaired) electrons. The minimum absolute atomic E-state index is 0.0224. The van der Waals surface area contributed by atoms with Crippen LogP contribution in [0, 0.1) is 0 Å². The molecule has 1 heterocycles. The number of benzene rings is 3. The zero-order valence-corrected chi connectivity index (χ0v) is 23.9. The first-order valence-electron chi connectivity index (χ1n) is 14.0. The van der Waals surface area contributed by atoms with Gasteiger partial charge in [-0.2, -0.15) is 0 Å². The number of hydrogen-bond acceptors (Lipinski definition) is 9. The number of rotatable bonds is 14. The van der Waals surface area contributed by atoms with E-state index in [1.54, 1.807) is 37.3 Å². The van der Waals surface area contributed by atoms with E-state index in [1.165, 1.54) is 7.11 Å². The average Bonchev–Trinajstić information content (AvgIpc) is 3.02. The summed E-state index contributed by atoms with van der Waals surface area (Å²) >= 11 is 0. The van der Waals surface area contributed by atoms with Crippen LogP contribution in [0.3, 0.4) is 0 Å². The van der Waals surface area contributed by atoms with Crippen LogP contribution >= 0.6 is 0 Å². The molecule has 1 fully saturated rings. The lowest BCUT2D eigenvalue weighted by atomic mass is 9.97. The molecule has 0 spiro atoms. The second-order valence-electron chi connectivity index (χ2n) is 10.1. The molecule has 224 valence electrons. The van der Waals surface area contributed by atoms with Gasteiger partial charge in [0.25, 0.3) is 0 Å². The van der Waals surface area contributed by atoms with Gasteiger partial charge in [-0.25, -0.2) is 4.79 Å². The first-order valence-corrected chi connectivity index (χ1v) is 14.0. The van der Waals surface area contributed by atoms with Gasteiger partial charge in [-0.1, -0.05) is 78.9 Å². The lowest BCUT2D eigenvalue weighted by Crippen LogP contribution is -2.62. The predicted octanol–water partition coefficient (Wildman–Crippen LogP) is 4.46. The minimum atomic E-state index is -1.09. The van der Waals surface area contributed by atoms with Gasteiger partial charge in [-0.15, -0.1) is 0 Å². The van der Waals surface area contributed by atoms with Gasteiger partial charge in [-0.3, -0.25) is 4.79 Å². The Bertz CT molecular complexity index is 1220. The molecule has 9 heteroatoms. The summed E-state index contributed by atoms with van der Waals surface area (Å²) < 4.78 is 36.1. The molecule has 4 rings (SSSR count). The second kappa shape index (κ2) is 16.1. The first-order chi connectivity index (χ1) is 20.4. The van der Waals surface area contributed by atoms with Crippen molar-refractivity contribution in [3.63, 3.8) is 0 Å². The van der Waals surface area contributed by atoms with Crippen LogP contribution in [-0.2, 0) is 46.4 Å². The maximum absolute atomic E-state index is 13.3. The minimum Gasteiger partial charge on any atom is -0.455 e. The normalized spacial score (nSPS) is 22.7. The Morgan fingerprint density at radius 2 is 1.40 bits per heavy atom. The molecule has 0 saturated carbocycles. The van der Waals surface area contributed by atoms with Gasteiger partial charge in [0, 0.05) is 13.5 Å². The molecule has 1 saturated heterocycles. The van der Waals surface area contributed by atoms with Gasteiger partial charge in [0.15, 0.2) is 18.5 Å². The Morgan fingerprint density at radius 3 is 2.00 bits per heavy atom. The molecule has 0 aliphatic carbocycles. The van der Waals surface area contributed by atoms with Crippen LogP contribution in [-0.4, -0.2) is 67.6 Å². The molecule has 0 aromatic heterocycles. The maximum Gasteiger partial charge on any atom is 0.338 e. The molecule has 3 aromatic rings. The average molecular weight is 579 g/mol. The van der Waals surface area contributed by atoms with Crippen LogP contribution < -0.4 is 0 Å². The van der Waals surface area contributed by atoms with Crippen LogP contribution in [0.1, 0.15) is 41.3 Å². The molecule has 9 nitrogen and oxygen atoms in total. The van der Waals surface area contributed by atoms with Crippen LogP contribution in [0.15, 0.2) is 91.0 Å². The van der Waals surface area contributed by atoms with Crippen molar-refractivity contribution < 1.29 is 43.1 Å². The van der Waals surface area contributed by atoms with E-state index in [1.807, 2.05) is 60.7 Å². The SMILES string of the molecule is COC1OC(COCc2ccccc2)C(OC(=O)c2ccccc2)C(OC(=O)CCC(C)O)C1OCc1ccccc1. The van der Waals surface area contributed by atoms with Gasteiger partial charge in [0.1, 0.15) is 12.2 Å². The molecule has 3 aromatic carbocycles.